The van der Waals surface area contributed by atoms with E-state index in [0.29, 0.717) is 30.5 Å². The molecule has 1 aliphatic heterocycles. The minimum Gasteiger partial charge on any atom is -0.367 e. The van der Waals surface area contributed by atoms with E-state index in [9.17, 15) is 4.79 Å². The summed E-state index contributed by atoms with van der Waals surface area (Å²) in [7, 11) is 0. The van der Waals surface area contributed by atoms with Crippen molar-refractivity contribution in [3.8, 4) is 6.07 Å². The number of hydrogen-bond acceptors (Lipinski definition) is 5. The second kappa shape index (κ2) is 5.21. The molecule has 1 aliphatic rings. The number of pyridine rings is 1. The highest BCUT2D eigenvalue weighted by Gasteiger charge is 2.25. The number of morpholine rings is 1. The lowest BCUT2D eigenvalue weighted by Crippen LogP contribution is -2.48. The first-order valence-electron chi connectivity index (χ1n) is 5.34. The SMILES string of the molecule is N#Cc1nc(N2CCOC(C(N)=O)C2)ccc1Cl. The molecule has 7 heteroatoms. The van der Waals surface area contributed by atoms with Crippen LogP contribution in [0.15, 0.2) is 12.1 Å². The molecule has 0 radical (unpaired) electrons. The van der Waals surface area contributed by atoms with Gasteiger partial charge in [0.1, 0.15) is 11.9 Å². The molecule has 1 aromatic rings. The zero-order chi connectivity index (χ0) is 13.1. The lowest BCUT2D eigenvalue weighted by molar-refractivity contribution is -0.130. The van der Waals surface area contributed by atoms with Crippen LogP contribution in [0.4, 0.5) is 5.82 Å². The summed E-state index contributed by atoms with van der Waals surface area (Å²) in [5, 5.41) is 9.17. The minimum absolute atomic E-state index is 0.163. The third-order valence-corrected chi connectivity index (χ3v) is 2.95. The molecule has 1 atom stereocenters. The second-order valence-corrected chi connectivity index (χ2v) is 4.23. The Morgan fingerprint density at radius 2 is 2.44 bits per heavy atom. The van der Waals surface area contributed by atoms with E-state index in [0.717, 1.165) is 0 Å². The molecule has 18 heavy (non-hydrogen) atoms. The number of nitriles is 1. The van der Waals surface area contributed by atoms with Gasteiger partial charge in [0.15, 0.2) is 11.8 Å². The van der Waals surface area contributed by atoms with Gasteiger partial charge in [-0.05, 0) is 12.1 Å². The van der Waals surface area contributed by atoms with Crippen LogP contribution < -0.4 is 10.6 Å². The van der Waals surface area contributed by atoms with E-state index < -0.39 is 12.0 Å². The predicted molar refractivity (Wildman–Crippen MR) is 65.1 cm³/mol. The number of rotatable bonds is 2. The maximum absolute atomic E-state index is 11.1. The Kier molecular flexibility index (Phi) is 3.65. The van der Waals surface area contributed by atoms with Crippen molar-refractivity contribution in [2.75, 3.05) is 24.6 Å². The van der Waals surface area contributed by atoms with Crippen molar-refractivity contribution in [2.45, 2.75) is 6.10 Å². The van der Waals surface area contributed by atoms with Crippen molar-refractivity contribution >= 4 is 23.3 Å². The highest BCUT2D eigenvalue weighted by Crippen LogP contribution is 2.20. The fraction of sp³-hybridized carbons (Fsp3) is 0.364. The maximum Gasteiger partial charge on any atom is 0.248 e. The topological polar surface area (TPSA) is 92.2 Å². The van der Waals surface area contributed by atoms with E-state index in [2.05, 4.69) is 4.98 Å². The van der Waals surface area contributed by atoms with Gasteiger partial charge < -0.3 is 15.4 Å². The highest BCUT2D eigenvalue weighted by atomic mass is 35.5. The average molecular weight is 267 g/mol. The van der Waals surface area contributed by atoms with Crippen LogP contribution in [0.5, 0.6) is 0 Å². The Balaban J connectivity index is 2.21. The van der Waals surface area contributed by atoms with Gasteiger partial charge in [0.2, 0.25) is 5.91 Å². The number of carbonyl (C=O) groups is 1. The number of aromatic nitrogens is 1. The number of carbonyl (C=O) groups excluding carboxylic acids is 1. The number of nitrogens with two attached hydrogens (primary N) is 1. The Hall–Kier alpha value is -1.84. The zero-order valence-electron chi connectivity index (χ0n) is 9.47. The lowest BCUT2D eigenvalue weighted by Gasteiger charge is -2.32. The molecular formula is C11H11ClN4O2. The molecule has 1 amide bonds. The molecule has 2 heterocycles. The van der Waals surface area contributed by atoms with Crippen molar-refractivity contribution in [3.63, 3.8) is 0 Å². The molecule has 1 aromatic heterocycles. The summed E-state index contributed by atoms with van der Waals surface area (Å²) in [6, 6.07) is 5.23. The van der Waals surface area contributed by atoms with Gasteiger partial charge in [-0.2, -0.15) is 5.26 Å². The number of nitrogens with zero attached hydrogens (tertiary/aromatic N) is 3. The smallest absolute Gasteiger partial charge is 0.248 e. The standard InChI is InChI=1S/C11H11ClN4O2/c12-7-1-2-10(15-8(7)5-13)16-3-4-18-9(6-16)11(14)17/h1-2,9H,3-4,6H2,(H2,14,17). The van der Waals surface area contributed by atoms with Crippen molar-refractivity contribution < 1.29 is 9.53 Å². The summed E-state index contributed by atoms with van der Waals surface area (Å²) in [4.78, 5) is 17.1. The largest absolute Gasteiger partial charge is 0.367 e. The Morgan fingerprint density at radius 1 is 1.67 bits per heavy atom. The van der Waals surface area contributed by atoms with E-state index in [1.54, 1.807) is 12.1 Å². The van der Waals surface area contributed by atoms with Crippen LogP contribution in [0.2, 0.25) is 5.02 Å². The molecule has 2 N–H and O–H groups in total. The van der Waals surface area contributed by atoms with Gasteiger partial charge in [-0.1, -0.05) is 11.6 Å². The van der Waals surface area contributed by atoms with Gasteiger partial charge in [0, 0.05) is 6.54 Å². The molecular weight excluding hydrogens is 256 g/mol. The monoisotopic (exact) mass is 266 g/mol. The molecule has 0 saturated carbocycles. The van der Waals surface area contributed by atoms with Crippen LogP contribution in [0, 0.1) is 11.3 Å². The van der Waals surface area contributed by atoms with Crippen molar-refractivity contribution in [1.29, 1.82) is 5.26 Å². The molecule has 2 rings (SSSR count). The van der Waals surface area contributed by atoms with E-state index in [1.165, 1.54) is 0 Å². The van der Waals surface area contributed by atoms with E-state index >= 15 is 0 Å². The number of ether oxygens (including phenoxy) is 1. The highest BCUT2D eigenvalue weighted by molar-refractivity contribution is 6.31. The van der Waals surface area contributed by atoms with Crippen LogP contribution in [-0.2, 0) is 9.53 Å². The zero-order valence-corrected chi connectivity index (χ0v) is 10.2. The number of primary amides is 1. The van der Waals surface area contributed by atoms with Gasteiger partial charge in [0.05, 0.1) is 18.2 Å². The molecule has 1 saturated heterocycles. The van der Waals surface area contributed by atoms with Crippen LogP contribution in [0.1, 0.15) is 5.69 Å². The third kappa shape index (κ3) is 2.53. The number of hydrogen-bond donors (Lipinski definition) is 1. The van der Waals surface area contributed by atoms with Gasteiger partial charge >= 0.3 is 0 Å². The van der Waals surface area contributed by atoms with Crippen LogP contribution in [-0.4, -0.2) is 36.7 Å². The molecule has 0 aromatic carbocycles. The van der Waals surface area contributed by atoms with Crippen LogP contribution in [0.25, 0.3) is 0 Å². The molecule has 1 unspecified atom stereocenters. The van der Waals surface area contributed by atoms with E-state index in [4.69, 9.17) is 27.3 Å². The molecule has 94 valence electrons. The first kappa shape index (κ1) is 12.6. The minimum atomic E-state index is -0.651. The normalized spacial score (nSPS) is 19.3. The molecule has 6 nitrogen and oxygen atoms in total. The summed E-state index contributed by atoms with van der Waals surface area (Å²) in [6.45, 7) is 1.30. The summed E-state index contributed by atoms with van der Waals surface area (Å²) < 4.78 is 5.24. The average Bonchev–Trinajstić information content (AvgIpc) is 2.39. The first-order chi connectivity index (χ1) is 8.61. The van der Waals surface area contributed by atoms with Crippen LogP contribution in [0.3, 0.4) is 0 Å². The summed E-state index contributed by atoms with van der Waals surface area (Å²) in [6.07, 6.45) is -0.651. The molecule has 0 bridgehead atoms. The first-order valence-corrected chi connectivity index (χ1v) is 5.72. The number of anilines is 1. The predicted octanol–water partition coefficient (Wildman–Crippen LogP) is 0.297. The Bertz CT molecular complexity index is 514. The third-order valence-electron chi connectivity index (χ3n) is 2.64. The Morgan fingerprint density at radius 3 is 3.11 bits per heavy atom. The summed E-state index contributed by atoms with van der Waals surface area (Å²) in [5.74, 6) is 0.0830. The molecule has 0 spiro atoms. The van der Waals surface area contributed by atoms with Gasteiger partial charge in [-0.15, -0.1) is 0 Å². The fourth-order valence-corrected chi connectivity index (χ4v) is 1.86. The van der Waals surface area contributed by atoms with E-state index in [-0.39, 0.29) is 5.69 Å². The van der Waals surface area contributed by atoms with E-state index in [1.807, 2.05) is 11.0 Å². The van der Waals surface area contributed by atoms with Crippen molar-refractivity contribution in [1.82, 2.24) is 4.98 Å². The Labute approximate surface area is 109 Å². The van der Waals surface area contributed by atoms with Crippen molar-refractivity contribution in [2.24, 2.45) is 5.73 Å². The molecule has 0 aliphatic carbocycles. The maximum atomic E-state index is 11.1. The fourth-order valence-electron chi connectivity index (χ4n) is 1.72. The van der Waals surface area contributed by atoms with Gasteiger partial charge in [-0.25, -0.2) is 4.98 Å². The lowest BCUT2D eigenvalue weighted by atomic mass is 10.2. The number of amides is 1. The summed E-state index contributed by atoms with van der Waals surface area (Å²) in [5.41, 5.74) is 5.37. The van der Waals surface area contributed by atoms with Crippen LogP contribution >= 0.6 is 11.6 Å². The van der Waals surface area contributed by atoms with Gasteiger partial charge in [0.25, 0.3) is 0 Å². The second-order valence-electron chi connectivity index (χ2n) is 3.82. The van der Waals surface area contributed by atoms with Gasteiger partial charge in [-0.3, -0.25) is 4.79 Å². The van der Waals surface area contributed by atoms with Crippen molar-refractivity contribution in [3.05, 3.63) is 22.8 Å². The molecule has 1 fully saturated rings. The number of halogens is 1. The quantitative estimate of drug-likeness (QED) is 0.831. The summed E-state index contributed by atoms with van der Waals surface area (Å²) >= 11 is 5.81.